The zero-order valence-electron chi connectivity index (χ0n) is 16.2. The first-order valence-corrected chi connectivity index (χ1v) is 11.0. The minimum absolute atomic E-state index is 0.0561. The van der Waals surface area contributed by atoms with E-state index in [-0.39, 0.29) is 11.8 Å². The van der Waals surface area contributed by atoms with E-state index >= 15 is 0 Å². The Morgan fingerprint density at radius 3 is 2.19 bits per heavy atom. The Kier molecular flexibility index (Phi) is 5.82. The first kappa shape index (κ1) is 18.3. The van der Waals surface area contributed by atoms with Gasteiger partial charge in [-0.3, -0.25) is 14.5 Å². The van der Waals surface area contributed by atoms with Crippen LogP contribution >= 0.6 is 0 Å². The van der Waals surface area contributed by atoms with Gasteiger partial charge in [0.05, 0.1) is 5.92 Å². The first-order valence-electron chi connectivity index (χ1n) is 11.0. The molecule has 0 aromatic rings. The highest BCUT2D eigenvalue weighted by Crippen LogP contribution is 2.29. The van der Waals surface area contributed by atoms with Crippen molar-refractivity contribution in [3.05, 3.63) is 0 Å². The van der Waals surface area contributed by atoms with Crippen molar-refractivity contribution >= 4 is 11.8 Å². The van der Waals surface area contributed by atoms with E-state index in [1.165, 1.54) is 51.4 Å². The van der Waals surface area contributed by atoms with E-state index < -0.39 is 0 Å². The molecule has 2 aliphatic heterocycles. The fourth-order valence-electron chi connectivity index (χ4n) is 5.14. The standard InChI is InChI=1S/C21H35N3O2/c25-20(14-17-6-2-1-3-7-17)24-15-18(16-24)21(26)23-11-5-10-22(12-13-23)19-8-4-9-19/h17-19H,1-16H2. The van der Waals surface area contributed by atoms with E-state index in [1.54, 1.807) is 0 Å². The third-order valence-electron chi connectivity index (χ3n) is 7.20. The molecule has 0 aromatic carbocycles. The molecule has 2 aliphatic carbocycles. The number of carbonyl (C=O) groups excluding carboxylic acids is 2. The molecule has 0 atom stereocenters. The van der Waals surface area contributed by atoms with Gasteiger partial charge in [0.15, 0.2) is 0 Å². The maximum Gasteiger partial charge on any atom is 0.229 e. The van der Waals surface area contributed by atoms with Crippen LogP contribution in [0.3, 0.4) is 0 Å². The van der Waals surface area contributed by atoms with Crippen molar-refractivity contribution in [1.29, 1.82) is 0 Å². The van der Waals surface area contributed by atoms with Gasteiger partial charge < -0.3 is 9.80 Å². The number of hydrogen-bond donors (Lipinski definition) is 0. The molecule has 5 heteroatoms. The molecule has 26 heavy (non-hydrogen) atoms. The van der Waals surface area contributed by atoms with Gasteiger partial charge in [0.2, 0.25) is 11.8 Å². The zero-order valence-corrected chi connectivity index (χ0v) is 16.2. The molecule has 0 aromatic heterocycles. The molecule has 0 unspecified atom stereocenters. The minimum Gasteiger partial charge on any atom is -0.341 e. The topological polar surface area (TPSA) is 43.9 Å². The highest BCUT2D eigenvalue weighted by Gasteiger charge is 2.39. The van der Waals surface area contributed by atoms with E-state index in [1.807, 2.05) is 4.90 Å². The van der Waals surface area contributed by atoms with Crippen LogP contribution in [0.15, 0.2) is 0 Å². The Morgan fingerprint density at radius 2 is 1.50 bits per heavy atom. The summed E-state index contributed by atoms with van der Waals surface area (Å²) < 4.78 is 0. The van der Waals surface area contributed by atoms with Gasteiger partial charge in [-0.2, -0.15) is 0 Å². The van der Waals surface area contributed by atoms with Gasteiger partial charge in [0, 0.05) is 51.7 Å². The van der Waals surface area contributed by atoms with Crippen LogP contribution in [0.4, 0.5) is 0 Å². The molecule has 0 radical (unpaired) electrons. The predicted octanol–water partition coefficient (Wildman–Crippen LogP) is 2.50. The fourth-order valence-corrected chi connectivity index (χ4v) is 5.14. The van der Waals surface area contributed by atoms with Gasteiger partial charge in [-0.25, -0.2) is 0 Å². The van der Waals surface area contributed by atoms with Crippen LogP contribution in [0.25, 0.3) is 0 Å². The molecular formula is C21H35N3O2. The van der Waals surface area contributed by atoms with Crippen molar-refractivity contribution < 1.29 is 9.59 Å². The number of rotatable bonds is 4. The summed E-state index contributed by atoms with van der Waals surface area (Å²) in [6.07, 6.45) is 12.2. The maximum atomic E-state index is 12.8. The highest BCUT2D eigenvalue weighted by molar-refractivity contribution is 5.84. The molecule has 2 amide bonds. The van der Waals surface area contributed by atoms with Crippen molar-refractivity contribution in [2.24, 2.45) is 11.8 Å². The van der Waals surface area contributed by atoms with Crippen LogP contribution < -0.4 is 0 Å². The lowest BCUT2D eigenvalue weighted by atomic mass is 9.86. The van der Waals surface area contributed by atoms with Crippen molar-refractivity contribution in [3.63, 3.8) is 0 Å². The first-order chi connectivity index (χ1) is 12.7. The molecular weight excluding hydrogens is 326 g/mol. The van der Waals surface area contributed by atoms with Gasteiger partial charge in [0.25, 0.3) is 0 Å². The third kappa shape index (κ3) is 4.08. The Hall–Kier alpha value is -1.10. The summed E-state index contributed by atoms with van der Waals surface area (Å²) in [7, 11) is 0. The van der Waals surface area contributed by atoms with Crippen molar-refractivity contribution in [1.82, 2.24) is 14.7 Å². The lowest BCUT2D eigenvalue weighted by Crippen LogP contribution is -2.57. The van der Waals surface area contributed by atoms with E-state index in [4.69, 9.17) is 0 Å². The molecule has 0 bridgehead atoms. The van der Waals surface area contributed by atoms with E-state index in [0.29, 0.717) is 31.3 Å². The molecule has 4 fully saturated rings. The molecule has 146 valence electrons. The Morgan fingerprint density at radius 1 is 0.731 bits per heavy atom. The molecule has 5 nitrogen and oxygen atoms in total. The quantitative estimate of drug-likeness (QED) is 0.773. The second-order valence-electron chi connectivity index (χ2n) is 9.00. The van der Waals surface area contributed by atoms with Crippen LogP contribution in [-0.2, 0) is 9.59 Å². The van der Waals surface area contributed by atoms with Gasteiger partial charge in [0.1, 0.15) is 0 Å². The van der Waals surface area contributed by atoms with Crippen LogP contribution in [0.1, 0.15) is 64.2 Å². The number of carbonyl (C=O) groups is 2. The second-order valence-corrected chi connectivity index (χ2v) is 9.00. The molecule has 0 N–H and O–H groups in total. The SMILES string of the molecule is O=C(CC1CCCCC1)N1CC(C(=O)N2CCCN(C3CCC3)CC2)C1. The summed E-state index contributed by atoms with van der Waals surface area (Å²) in [5.74, 6) is 1.23. The Labute approximate surface area is 158 Å². The molecule has 4 aliphatic rings. The second kappa shape index (κ2) is 8.28. The average molecular weight is 362 g/mol. The molecule has 4 rings (SSSR count). The summed E-state index contributed by atoms with van der Waals surface area (Å²) in [6, 6.07) is 0.779. The van der Waals surface area contributed by atoms with Crippen molar-refractivity contribution in [3.8, 4) is 0 Å². The molecule has 2 saturated carbocycles. The number of hydrogen-bond acceptors (Lipinski definition) is 3. The van der Waals surface area contributed by atoms with Crippen LogP contribution in [0.2, 0.25) is 0 Å². The smallest absolute Gasteiger partial charge is 0.229 e. The number of likely N-dealkylation sites (tertiary alicyclic amines) is 1. The molecule has 2 saturated heterocycles. The normalized spacial score (nSPS) is 26.9. The van der Waals surface area contributed by atoms with E-state index in [0.717, 1.165) is 38.6 Å². The van der Waals surface area contributed by atoms with Crippen LogP contribution in [0.5, 0.6) is 0 Å². The number of amides is 2. The van der Waals surface area contributed by atoms with Crippen molar-refractivity contribution in [2.75, 3.05) is 39.3 Å². The number of nitrogens with zero attached hydrogens (tertiary/aromatic N) is 3. The van der Waals surface area contributed by atoms with E-state index in [9.17, 15) is 9.59 Å². The minimum atomic E-state index is 0.0561. The monoisotopic (exact) mass is 361 g/mol. The van der Waals surface area contributed by atoms with Gasteiger partial charge in [-0.15, -0.1) is 0 Å². The zero-order chi connectivity index (χ0) is 17.9. The molecule has 2 heterocycles. The molecule has 0 spiro atoms. The highest BCUT2D eigenvalue weighted by atomic mass is 16.2. The fraction of sp³-hybridized carbons (Fsp3) is 0.905. The summed E-state index contributed by atoms with van der Waals surface area (Å²) in [4.78, 5) is 31.9. The van der Waals surface area contributed by atoms with Crippen molar-refractivity contribution in [2.45, 2.75) is 70.3 Å². The Balaban J connectivity index is 1.19. The average Bonchev–Trinajstić information content (AvgIpc) is 2.79. The largest absolute Gasteiger partial charge is 0.341 e. The summed E-state index contributed by atoms with van der Waals surface area (Å²) >= 11 is 0. The maximum absolute atomic E-state index is 12.8. The summed E-state index contributed by atoms with van der Waals surface area (Å²) in [5, 5.41) is 0. The van der Waals surface area contributed by atoms with Gasteiger partial charge in [-0.1, -0.05) is 25.7 Å². The van der Waals surface area contributed by atoms with Gasteiger partial charge >= 0.3 is 0 Å². The lowest BCUT2D eigenvalue weighted by Gasteiger charge is -2.41. The Bertz CT molecular complexity index is 507. The van der Waals surface area contributed by atoms with Crippen LogP contribution in [-0.4, -0.2) is 71.8 Å². The lowest BCUT2D eigenvalue weighted by molar-refractivity contribution is -0.149. The predicted molar refractivity (Wildman–Crippen MR) is 102 cm³/mol. The van der Waals surface area contributed by atoms with Crippen LogP contribution in [0, 0.1) is 11.8 Å². The summed E-state index contributed by atoms with van der Waals surface area (Å²) in [6.45, 7) is 5.27. The van der Waals surface area contributed by atoms with Gasteiger partial charge in [-0.05, 0) is 38.0 Å². The van der Waals surface area contributed by atoms with E-state index in [2.05, 4.69) is 9.80 Å². The third-order valence-corrected chi connectivity index (χ3v) is 7.20. The summed E-state index contributed by atoms with van der Waals surface area (Å²) in [5.41, 5.74) is 0.